The van der Waals surface area contributed by atoms with Gasteiger partial charge in [-0.1, -0.05) is 0 Å². The molecule has 0 atom stereocenters. The molecule has 0 radical (unpaired) electrons. The molecule has 0 aliphatic heterocycles. The predicted octanol–water partition coefficient (Wildman–Crippen LogP) is 0.482. The zero-order valence-electron chi connectivity index (χ0n) is 7.04. The lowest BCUT2D eigenvalue weighted by Crippen LogP contribution is -2.16. The predicted molar refractivity (Wildman–Crippen MR) is 47.5 cm³/mol. The van der Waals surface area contributed by atoms with Crippen LogP contribution in [0.25, 0.3) is 11.0 Å². The minimum absolute atomic E-state index is 0.116. The molecular formula is C8H6N4O2. The summed E-state index contributed by atoms with van der Waals surface area (Å²) in [6.45, 7) is 0. The number of nitrogens with zero attached hydrogens (tertiary/aromatic N) is 3. The Balaban J connectivity index is 2.46. The normalized spacial score (nSPS) is 10.0. The van der Waals surface area contributed by atoms with Crippen molar-refractivity contribution in [2.75, 3.05) is 0 Å². The van der Waals surface area contributed by atoms with E-state index in [0.717, 1.165) is 0 Å². The van der Waals surface area contributed by atoms with Gasteiger partial charge in [-0.3, -0.25) is 9.97 Å². The quantitative estimate of drug-likeness (QED) is 0.706. The lowest BCUT2D eigenvalue weighted by atomic mass is 10.4. The highest BCUT2D eigenvalue weighted by atomic mass is 16.6. The molecule has 0 bridgehead atoms. The van der Waals surface area contributed by atoms with Crippen molar-refractivity contribution in [3.05, 3.63) is 24.7 Å². The van der Waals surface area contributed by atoms with Crippen LogP contribution >= 0.6 is 0 Å². The van der Waals surface area contributed by atoms with Crippen molar-refractivity contribution in [2.24, 2.45) is 5.73 Å². The highest BCUT2D eigenvalue weighted by Crippen LogP contribution is 2.12. The van der Waals surface area contributed by atoms with Gasteiger partial charge in [0.1, 0.15) is 5.52 Å². The van der Waals surface area contributed by atoms with E-state index in [9.17, 15) is 4.79 Å². The van der Waals surface area contributed by atoms with E-state index in [-0.39, 0.29) is 5.88 Å². The molecule has 1 amide bonds. The Hall–Kier alpha value is -2.24. The summed E-state index contributed by atoms with van der Waals surface area (Å²) < 4.78 is 4.58. The largest absolute Gasteiger partial charge is 0.411 e. The van der Waals surface area contributed by atoms with Gasteiger partial charge in [-0.05, 0) is 0 Å². The van der Waals surface area contributed by atoms with E-state index in [0.29, 0.717) is 11.0 Å². The number of aromatic nitrogens is 3. The Labute approximate surface area is 78.8 Å². The van der Waals surface area contributed by atoms with Crippen molar-refractivity contribution in [2.45, 2.75) is 0 Å². The average Bonchev–Trinajstić information content (AvgIpc) is 2.17. The number of carbonyl (C=O) groups excluding carboxylic acids is 1. The van der Waals surface area contributed by atoms with E-state index in [1.54, 1.807) is 6.20 Å². The summed E-state index contributed by atoms with van der Waals surface area (Å²) in [4.78, 5) is 22.3. The summed E-state index contributed by atoms with van der Waals surface area (Å²) in [7, 11) is 0. The number of amides is 1. The van der Waals surface area contributed by atoms with Gasteiger partial charge in [-0.2, -0.15) is 0 Å². The van der Waals surface area contributed by atoms with Crippen LogP contribution in [0.4, 0.5) is 4.79 Å². The van der Waals surface area contributed by atoms with Gasteiger partial charge in [0.2, 0.25) is 5.88 Å². The van der Waals surface area contributed by atoms with E-state index in [2.05, 4.69) is 19.7 Å². The molecule has 0 saturated carbocycles. The summed E-state index contributed by atoms with van der Waals surface area (Å²) in [6, 6.07) is 1.49. The van der Waals surface area contributed by atoms with Crippen LogP contribution in [0.3, 0.4) is 0 Å². The maximum absolute atomic E-state index is 10.4. The number of ether oxygens (including phenoxy) is 1. The second-order valence-electron chi connectivity index (χ2n) is 2.49. The van der Waals surface area contributed by atoms with E-state index >= 15 is 0 Å². The molecule has 2 heterocycles. The van der Waals surface area contributed by atoms with Crippen LogP contribution in [0.15, 0.2) is 24.7 Å². The third kappa shape index (κ3) is 1.58. The van der Waals surface area contributed by atoms with Gasteiger partial charge >= 0.3 is 6.09 Å². The molecule has 6 nitrogen and oxygen atoms in total. The fraction of sp³-hybridized carbons (Fsp3) is 0. The molecule has 6 heteroatoms. The summed E-state index contributed by atoms with van der Waals surface area (Å²) in [6.07, 6.45) is 3.65. The Bertz CT molecular complexity index is 485. The summed E-state index contributed by atoms with van der Waals surface area (Å²) in [5, 5.41) is 0. The molecule has 0 fully saturated rings. The van der Waals surface area contributed by atoms with E-state index in [4.69, 9.17) is 5.73 Å². The van der Waals surface area contributed by atoms with Crippen molar-refractivity contribution in [3.8, 4) is 5.88 Å². The van der Waals surface area contributed by atoms with Crippen molar-refractivity contribution in [1.82, 2.24) is 15.0 Å². The van der Waals surface area contributed by atoms with Gasteiger partial charge in [0.25, 0.3) is 0 Å². The van der Waals surface area contributed by atoms with Gasteiger partial charge in [0.05, 0.1) is 11.7 Å². The minimum Gasteiger partial charge on any atom is -0.391 e. The standard InChI is InChI=1S/C8H6N4O2/c9-8(13)14-7-3-5-6(4-12-7)11-2-1-10-5/h1-4H,(H2,9,13). The number of carbonyl (C=O) groups is 1. The molecule has 0 aromatic carbocycles. The molecule has 0 spiro atoms. The number of hydrogen-bond acceptors (Lipinski definition) is 5. The SMILES string of the molecule is NC(=O)Oc1cc2nccnc2cn1. The summed E-state index contributed by atoms with van der Waals surface area (Å²) in [5.41, 5.74) is 6.06. The monoisotopic (exact) mass is 190 g/mol. The van der Waals surface area contributed by atoms with Gasteiger partial charge in [-0.25, -0.2) is 9.78 Å². The Morgan fingerprint density at radius 1 is 1.21 bits per heavy atom. The van der Waals surface area contributed by atoms with Gasteiger partial charge in [0, 0.05) is 18.5 Å². The second-order valence-corrected chi connectivity index (χ2v) is 2.49. The van der Waals surface area contributed by atoms with Crippen LogP contribution in [0.5, 0.6) is 5.88 Å². The highest BCUT2D eigenvalue weighted by molar-refractivity contribution is 5.75. The molecule has 70 valence electrons. The van der Waals surface area contributed by atoms with Crippen molar-refractivity contribution >= 4 is 17.1 Å². The molecule has 2 aromatic heterocycles. The third-order valence-electron chi connectivity index (χ3n) is 1.54. The van der Waals surface area contributed by atoms with Gasteiger partial charge < -0.3 is 10.5 Å². The fourth-order valence-electron chi connectivity index (χ4n) is 1.01. The number of fused-ring (bicyclic) bond motifs is 1. The summed E-state index contributed by atoms with van der Waals surface area (Å²) >= 11 is 0. The second kappa shape index (κ2) is 3.25. The van der Waals surface area contributed by atoms with E-state index in [1.165, 1.54) is 18.5 Å². The minimum atomic E-state index is -0.902. The first-order valence-corrected chi connectivity index (χ1v) is 3.80. The van der Waals surface area contributed by atoms with Crippen LogP contribution in [0, 0.1) is 0 Å². The molecule has 2 rings (SSSR count). The molecular weight excluding hydrogens is 184 g/mol. The van der Waals surface area contributed by atoms with Crippen LogP contribution < -0.4 is 10.5 Å². The molecule has 2 aromatic rings. The number of pyridine rings is 1. The lowest BCUT2D eigenvalue weighted by Gasteiger charge is -1.99. The molecule has 0 unspecified atom stereocenters. The number of hydrogen-bond donors (Lipinski definition) is 1. The van der Waals surface area contributed by atoms with Crippen molar-refractivity contribution < 1.29 is 9.53 Å². The fourth-order valence-corrected chi connectivity index (χ4v) is 1.01. The maximum Gasteiger partial charge on any atom is 0.411 e. The van der Waals surface area contributed by atoms with Crippen LogP contribution in [-0.4, -0.2) is 21.0 Å². The van der Waals surface area contributed by atoms with E-state index < -0.39 is 6.09 Å². The van der Waals surface area contributed by atoms with Crippen LogP contribution in [0.1, 0.15) is 0 Å². The zero-order chi connectivity index (χ0) is 9.97. The Morgan fingerprint density at radius 2 is 1.93 bits per heavy atom. The molecule has 0 aliphatic rings. The molecule has 0 aliphatic carbocycles. The molecule has 14 heavy (non-hydrogen) atoms. The first kappa shape index (κ1) is 8.36. The third-order valence-corrected chi connectivity index (χ3v) is 1.54. The average molecular weight is 190 g/mol. The lowest BCUT2D eigenvalue weighted by molar-refractivity contribution is 0.209. The Morgan fingerprint density at radius 3 is 2.64 bits per heavy atom. The first-order valence-electron chi connectivity index (χ1n) is 3.80. The highest BCUT2D eigenvalue weighted by Gasteiger charge is 2.02. The van der Waals surface area contributed by atoms with E-state index in [1.807, 2.05) is 0 Å². The first-order chi connectivity index (χ1) is 6.75. The molecule has 2 N–H and O–H groups in total. The maximum atomic E-state index is 10.4. The summed E-state index contributed by atoms with van der Waals surface area (Å²) in [5.74, 6) is 0.116. The topological polar surface area (TPSA) is 91.0 Å². The zero-order valence-corrected chi connectivity index (χ0v) is 7.04. The van der Waals surface area contributed by atoms with Crippen molar-refractivity contribution in [3.63, 3.8) is 0 Å². The number of nitrogens with two attached hydrogens (primary N) is 1. The van der Waals surface area contributed by atoms with Crippen LogP contribution in [0.2, 0.25) is 0 Å². The smallest absolute Gasteiger partial charge is 0.391 e. The Kier molecular flexibility index (Phi) is 1.94. The van der Waals surface area contributed by atoms with Gasteiger partial charge in [0.15, 0.2) is 0 Å². The molecule has 0 saturated heterocycles. The van der Waals surface area contributed by atoms with Crippen LogP contribution in [-0.2, 0) is 0 Å². The van der Waals surface area contributed by atoms with Gasteiger partial charge in [-0.15, -0.1) is 0 Å². The van der Waals surface area contributed by atoms with Crippen molar-refractivity contribution in [1.29, 1.82) is 0 Å². The number of primary amides is 1. The number of rotatable bonds is 1.